The Morgan fingerprint density at radius 2 is 1.85 bits per heavy atom. The van der Waals surface area contributed by atoms with E-state index in [1.807, 2.05) is 0 Å². The maximum Gasteiger partial charge on any atom is 0.231 e. The lowest BCUT2D eigenvalue weighted by molar-refractivity contribution is -0.122. The van der Waals surface area contributed by atoms with Gasteiger partial charge in [0.25, 0.3) is 0 Å². The Labute approximate surface area is 164 Å². The second kappa shape index (κ2) is 6.83. The zero-order chi connectivity index (χ0) is 19.1. The van der Waals surface area contributed by atoms with E-state index in [1.165, 1.54) is 12.1 Å². The number of phenols is 1. The molecule has 140 valence electrons. The van der Waals surface area contributed by atoms with Crippen LogP contribution < -0.4 is 19.7 Å². The van der Waals surface area contributed by atoms with E-state index in [2.05, 4.69) is 5.32 Å². The number of nitrogens with zero attached hydrogens (tertiary/aromatic N) is 1. The Morgan fingerprint density at radius 1 is 1.15 bits per heavy atom. The molecule has 1 fully saturated rings. The molecule has 2 aromatic carbocycles. The second-order valence-corrected chi connectivity index (χ2v) is 7.04. The number of benzene rings is 2. The van der Waals surface area contributed by atoms with Crippen LogP contribution in [0, 0.1) is 5.92 Å². The Kier molecular flexibility index (Phi) is 4.49. The smallest absolute Gasteiger partial charge is 0.231 e. The fourth-order valence-corrected chi connectivity index (χ4v) is 3.55. The highest BCUT2D eigenvalue weighted by Gasteiger charge is 2.35. The van der Waals surface area contributed by atoms with E-state index in [1.54, 1.807) is 23.1 Å². The fraction of sp³-hybridized carbons (Fsp3) is 0.222. The molecule has 0 radical (unpaired) electrons. The lowest BCUT2D eigenvalue weighted by Gasteiger charge is -2.17. The summed E-state index contributed by atoms with van der Waals surface area (Å²) in [5.41, 5.74) is 0.997. The average Bonchev–Trinajstić information content (AvgIpc) is 3.25. The van der Waals surface area contributed by atoms with E-state index in [0.29, 0.717) is 22.9 Å². The van der Waals surface area contributed by atoms with E-state index < -0.39 is 5.92 Å². The van der Waals surface area contributed by atoms with Crippen molar-refractivity contribution in [2.75, 3.05) is 23.6 Å². The van der Waals surface area contributed by atoms with Gasteiger partial charge in [0.05, 0.1) is 16.0 Å². The first-order chi connectivity index (χ1) is 12.9. The lowest BCUT2D eigenvalue weighted by atomic mass is 10.1. The van der Waals surface area contributed by atoms with Crippen molar-refractivity contribution >= 4 is 46.4 Å². The van der Waals surface area contributed by atoms with Gasteiger partial charge in [0.1, 0.15) is 0 Å². The van der Waals surface area contributed by atoms with Gasteiger partial charge in [-0.1, -0.05) is 23.2 Å². The van der Waals surface area contributed by atoms with Crippen LogP contribution in [0.1, 0.15) is 6.42 Å². The van der Waals surface area contributed by atoms with Gasteiger partial charge in [-0.05, 0) is 24.3 Å². The van der Waals surface area contributed by atoms with Gasteiger partial charge in [-0.3, -0.25) is 9.59 Å². The van der Waals surface area contributed by atoms with Crippen LogP contribution in [0.15, 0.2) is 30.3 Å². The van der Waals surface area contributed by atoms with E-state index in [4.69, 9.17) is 32.7 Å². The van der Waals surface area contributed by atoms with Gasteiger partial charge >= 0.3 is 0 Å². The minimum Gasteiger partial charge on any atom is -0.505 e. The summed E-state index contributed by atoms with van der Waals surface area (Å²) >= 11 is 11.7. The Balaban J connectivity index is 1.48. The molecule has 2 aliphatic rings. The summed E-state index contributed by atoms with van der Waals surface area (Å²) in [6, 6.07) is 8.00. The minimum atomic E-state index is -0.533. The number of hydrogen-bond donors (Lipinski definition) is 2. The number of fused-ring (bicyclic) bond motifs is 1. The van der Waals surface area contributed by atoms with Crippen LogP contribution in [0.25, 0.3) is 0 Å². The largest absolute Gasteiger partial charge is 0.505 e. The van der Waals surface area contributed by atoms with E-state index in [9.17, 15) is 14.7 Å². The molecule has 0 spiro atoms. The SMILES string of the molecule is O=C(Nc1cc(Cl)c(O)c(Cl)c1)C1CC(=O)N(c2ccc3c(c2)OCO3)C1. The predicted molar refractivity (Wildman–Crippen MR) is 99.8 cm³/mol. The molecule has 2 amide bonds. The number of anilines is 2. The summed E-state index contributed by atoms with van der Waals surface area (Å²) in [5, 5.41) is 12.3. The number of amides is 2. The molecule has 0 bridgehead atoms. The van der Waals surface area contributed by atoms with Crippen molar-refractivity contribution in [1.29, 1.82) is 0 Å². The number of hydrogen-bond acceptors (Lipinski definition) is 5. The van der Waals surface area contributed by atoms with Gasteiger partial charge in [-0.25, -0.2) is 0 Å². The van der Waals surface area contributed by atoms with E-state index in [0.717, 1.165) is 0 Å². The number of halogens is 2. The number of nitrogens with one attached hydrogen (secondary N) is 1. The first kappa shape index (κ1) is 17.8. The molecule has 0 aliphatic carbocycles. The molecule has 1 unspecified atom stereocenters. The highest BCUT2D eigenvalue weighted by atomic mass is 35.5. The van der Waals surface area contributed by atoms with Crippen molar-refractivity contribution in [3.63, 3.8) is 0 Å². The van der Waals surface area contributed by atoms with Gasteiger partial charge in [0.2, 0.25) is 18.6 Å². The van der Waals surface area contributed by atoms with Gasteiger partial charge in [0.15, 0.2) is 17.2 Å². The number of carbonyl (C=O) groups excluding carboxylic acids is 2. The minimum absolute atomic E-state index is 0.0299. The molecular weight excluding hydrogens is 395 g/mol. The van der Waals surface area contributed by atoms with E-state index in [-0.39, 0.29) is 47.4 Å². The topological polar surface area (TPSA) is 88.1 Å². The van der Waals surface area contributed by atoms with Crippen LogP contribution in [-0.4, -0.2) is 30.3 Å². The number of aromatic hydroxyl groups is 1. The monoisotopic (exact) mass is 408 g/mol. The molecule has 9 heteroatoms. The molecule has 7 nitrogen and oxygen atoms in total. The third-order valence-electron chi connectivity index (χ3n) is 4.45. The number of ether oxygens (including phenoxy) is 2. The molecule has 2 heterocycles. The summed E-state index contributed by atoms with van der Waals surface area (Å²) in [6.45, 7) is 0.388. The molecule has 1 saturated heterocycles. The van der Waals surface area contributed by atoms with Crippen molar-refractivity contribution in [3.8, 4) is 17.2 Å². The fourth-order valence-electron chi connectivity index (χ4n) is 3.07. The van der Waals surface area contributed by atoms with Crippen LogP contribution in [-0.2, 0) is 9.59 Å². The molecule has 2 N–H and O–H groups in total. The van der Waals surface area contributed by atoms with Crippen molar-refractivity contribution in [2.24, 2.45) is 5.92 Å². The van der Waals surface area contributed by atoms with Gasteiger partial charge < -0.3 is 24.8 Å². The standard InChI is InChI=1S/C18H14Cl2N2O5/c19-12-4-10(5-13(20)17(12)24)21-18(25)9-3-16(23)22(7-9)11-1-2-14-15(6-11)27-8-26-14/h1-2,4-6,9,24H,3,7-8H2,(H,21,25). The van der Waals surface area contributed by atoms with Gasteiger partial charge in [-0.2, -0.15) is 0 Å². The first-order valence-electron chi connectivity index (χ1n) is 8.11. The van der Waals surface area contributed by atoms with Crippen LogP contribution in [0.5, 0.6) is 17.2 Å². The second-order valence-electron chi connectivity index (χ2n) is 6.22. The number of rotatable bonds is 3. The predicted octanol–water partition coefficient (Wildman–Crippen LogP) is 3.42. The highest BCUT2D eigenvalue weighted by molar-refractivity contribution is 6.37. The third-order valence-corrected chi connectivity index (χ3v) is 5.02. The van der Waals surface area contributed by atoms with Gasteiger partial charge in [-0.15, -0.1) is 0 Å². The molecule has 1 atom stereocenters. The van der Waals surface area contributed by atoms with Crippen molar-refractivity contribution in [3.05, 3.63) is 40.4 Å². The molecule has 4 rings (SSSR count). The zero-order valence-corrected chi connectivity index (χ0v) is 15.4. The van der Waals surface area contributed by atoms with Crippen molar-refractivity contribution in [2.45, 2.75) is 6.42 Å². The molecule has 0 aromatic heterocycles. The summed E-state index contributed by atoms with van der Waals surface area (Å²) in [6.07, 6.45) is 0.0832. The normalized spacial score (nSPS) is 18.1. The summed E-state index contributed by atoms with van der Waals surface area (Å²) < 4.78 is 10.6. The summed E-state index contributed by atoms with van der Waals surface area (Å²) in [7, 11) is 0. The van der Waals surface area contributed by atoms with Crippen LogP contribution in [0.2, 0.25) is 10.0 Å². The molecule has 0 saturated carbocycles. The number of phenolic OH excluding ortho intramolecular Hbond substituents is 1. The number of carbonyl (C=O) groups is 2. The Hall–Kier alpha value is -2.64. The maximum absolute atomic E-state index is 12.5. The summed E-state index contributed by atoms with van der Waals surface area (Å²) in [5.74, 6) is -0.0711. The average molecular weight is 409 g/mol. The Bertz CT molecular complexity index is 926. The first-order valence-corrected chi connectivity index (χ1v) is 8.87. The molecular formula is C18H14Cl2N2O5. The zero-order valence-electron chi connectivity index (χ0n) is 13.9. The van der Waals surface area contributed by atoms with Crippen LogP contribution in [0.4, 0.5) is 11.4 Å². The molecule has 2 aliphatic heterocycles. The Morgan fingerprint density at radius 3 is 2.59 bits per heavy atom. The van der Waals surface area contributed by atoms with E-state index >= 15 is 0 Å². The van der Waals surface area contributed by atoms with Crippen LogP contribution in [0.3, 0.4) is 0 Å². The highest BCUT2D eigenvalue weighted by Crippen LogP contribution is 2.38. The third kappa shape index (κ3) is 3.36. The van der Waals surface area contributed by atoms with Crippen LogP contribution >= 0.6 is 23.2 Å². The van der Waals surface area contributed by atoms with Gasteiger partial charge in [0, 0.05) is 30.4 Å². The molecule has 2 aromatic rings. The summed E-state index contributed by atoms with van der Waals surface area (Å²) in [4.78, 5) is 26.5. The maximum atomic E-state index is 12.5. The molecule has 27 heavy (non-hydrogen) atoms. The van der Waals surface area contributed by atoms with Crippen molar-refractivity contribution in [1.82, 2.24) is 0 Å². The quantitative estimate of drug-likeness (QED) is 0.759. The van der Waals surface area contributed by atoms with Crippen molar-refractivity contribution < 1.29 is 24.2 Å². The lowest BCUT2D eigenvalue weighted by Crippen LogP contribution is -2.28.